The average Bonchev–Trinajstić information content (AvgIpc) is 2.65. The van der Waals surface area contributed by atoms with Crippen molar-refractivity contribution >= 4 is 5.78 Å². The third kappa shape index (κ3) is 5.08. The van der Waals surface area contributed by atoms with Crippen LogP contribution in [0.4, 0.5) is 0 Å². The normalized spacial score (nSPS) is 11.4. The molecule has 17 heavy (non-hydrogen) atoms. The largest absolute Gasteiger partial charge is 0.313 e. The lowest BCUT2D eigenvalue weighted by molar-refractivity contribution is -0.121. The molecular weight excluding hydrogens is 216 g/mol. The molecule has 1 N–H and O–H groups in total. The third-order valence-electron chi connectivity index (χ3n) is 2.48. The zero-order chi connectivity index (χ0) is 12.8. The molecule has 5 nitrogen and oxygen atoms in total. The number of hydrogen-bond donors (Lipinski definition) is 1. The van der Waals surface area contributed by atoms with Gasteiger partial charge in [-0.25, -0.2) is 0 Å². The minimum absolute atomic E-state index is 0.0581. The van der Waals surface area contributed by atoms with Crippen LogP contribution >= 0.6 is 0 Å². The third-order valence-corrected chi connectivity index (χ3v) is 2.48. The molecule has 0 fully saturated rings. The first kappa shape index (κ1) is 13.8. The second-order valence-corrected chi connectivity index (χ2v) is 4.88. The number of Topliss-reactive ketones (excluding diaryl/α,β-unsaturated/α-hetero) is 1. The van der Waals surface area contributed by atoms with Crippen molar-refractivity contribution in [1.82, 2.24) is 20.3 Å². The van der Waals surface area contributed by atoms with Gasteiger partial charge in [-0.3, -0.25) is 9.48 Å². The Morgan fingerprint density at radius 1 is 1.41 bits per heavy atom. The topological polar surface area (TPSA) is 59.8 Å². The van der Waals surface area contributed by atoms with Gasteiger partial charge >= 0.3 is 0 Å². The summed E-state index contributed by atoms with van der Waals surface area (Å²) in [7, 11) is 0. The molecule has 1 aromatic heterocycles. The standard InChI is InChI=1S/C12H22N4O/c1-9(2)12(17)7-11-8-16(15-14-11)6-5-13-10(3)4/h8-10,13H,5-7H2,1-4H3. The fourth-order valence-corrected chi connectivity index (χ4v) is 1.38. The van der Waals surface area contributed by atoms with Crippen molar-refractivity contribution in [2.24, 2.45) is 5.92 Å². The van der Waals surface area contributed by atoms with E-state index in [2.05, 4.69) is 29.5 Å². The number of rotatable bonds is 7. The first-order valence-corrected chi connectivity index (χ1v) is 6.14. The Kier molecular flexibility index (Phi) is 5.28. The summed E-state index contributed by atoms with van der Waals surface area (Å²) in [6.07, 6.45) is 2.23. The second kappa shape index (κ2) is 6.49. The molecule has 0 aliphatic rings. The van der Waals surface area contributed by atoms with Crippen LogP contribution in [0.2, 0.25) is 0 Å². The van der Waals surface area contributed by atoms with Gasteiger partial charge in [0.05, 0.1) is 18.7 Å². The lowest BCUT2D eigenvalue weighted by Gasteiger charge is -2.06. The molecule has 0 spiro atoms. The molecular formula is C12H22N4O. The van der Waals surface area contributed by atoms with Gasteiger partial charge in [0.15, 0.2) is 0 Å². The molecule has 0 aliphatic carbocycles. The lowest BCUT2D eigenvalue weighted by Crippen LogP contribution is -2.26. The van der Waals surface area contributed by atoms with E-state index in [4.69, 9.17) is 0 Å². The summed E-state index contributed by atoms with van der Waals surface area (Å²) >= 11 is 0. The zero-order valence-corrected chi connectivity index (χ0v) is 11.1. The van der Waals surface area contributed by atoms with Gasteiger partial charge in [-0.1, -0.05) is 32.9 Å². The number of hydrogen-bond acceptors (Lipinski definition) is 4. The zero-order valence-electron chi connectivity index (χ0n) is 11.1. The molecule has 1 rings (SSSR count). The molecule has 5 heteroatoms. The Morgan fingerprint density at radius 3 is 2.71 bits per heavy atom. The molecule has 0 unspecified atom stereocenters. The summed E-state index contributed by atoms with van der Waals surface area (Å²) in [4.78, 5) is 11.5. The maximum absolute atomic E-state index is 11.5. The van der Waals surface area contributed by atoms with E-state index in [0.717, 1.165) is 18.8 Å². The van der Waals surface area contributed by atoms with Crippen molar-refractivity contribution in [2.75, 3.05) is 6.54 Å². The molecule has 96 valence electrons. The van der Waals surface area contributed by atoms with Gasteiger partial charge in [0, 0.05) is 24.7 Å². The van der Waals surface area contributed by atoms with Crippen molar-refractivity contribution in [3.05, 3.63) is 11.9 Å². The number of nitrogens with one attached hydrogen (secondary N) is 1. The number of carbonyl (C=O) groups excluding carboxylic acids is 1. The predicted octanol–water partition coefficient (Wildman–Crippen LogP) is 1.04. The number of ketones is 1. The summed E-state index contributed by atoms with van der Waals surface area (Å²) in [5.41, 5.74) is 0.758. The Morgan fingerprint density at radius 2 is 2.12 bits per heavy atom. The summed E-state index contributed by atoms with van der Waals surface area (Å²) in [5, 5.41) is 11.3. The highest BCUT2D eigenvalue weighted by Gasteiger charge is 2.10. The van der Waals surface area contributed by atoms with Crippen LogP contribution in [-0.4, -0.2) is 33.4 Å². The maximum atomic E-state index is 11.5. The summed E-state index contributed by atoms with van der Waals surface area (Å²) in [5.74, 6) is 0.264. The highest BCUT2D eigenvalue weighted by molar-refractivity contribution is 5.82. The van der Waals surface area contributed by atoms with Crippen molar-refractivity contribution in [2.45, 2.75) is 46.7 Å². The quantitative estimate of drug-likeness (QED) is 0.771. The van der Waals surface area contributed by atoms with Crippen molar-refractivity contribution < 1.29 is 4.79 Å². The summed E-state index contributed by atoms with van der Waals surface area (Å²) in [6, 6.07) is 0.473. The van der Waals surface area contributed by atoms with E-state index < -0.39 is 0 Å². The van der Waals surface area contributed by atoms with Gasteiger partial charge in [-0.15, -0.1) is 5.10 Å². The van der Waals surface area contributed by atoms with E-state index in [1.807, 2.05) is 20.0 Å². The molecule has 0 radical (unpaired) electrons. The Hall–Kier alpha value is -1.23. The maximum Gasteiger partial charge on any atom is 0.141 e. The van der Waals surface area contributed by atoms with E-state index >= 15 is 0 Å². The van der Waals surface area contributed by atoms with Gasteiger partial charge < -0.3 is 5.32 Å². The van der Waals surface area contributed by atoms with Crippen molar-refractivity contribution in [3.63, 3.8) is 0 Å². The van der Waals surface area contributed by atoms with Gasteiger partial charge in [-0.05, 0) is 0 Å². The lowest BCUT2D eigenvalue weighted by atomic mass is 10.1. The fourth-order valence-electron chi connectivity index (χ4n) is 1.38. The van der Waals surface area contributed by atoms with Crippen LogP contribution in [0, 0.1) is 5.92 Å². The van der Waals surface area contributed by atoms with Gasteiger partial charge in [0.25, 0.3) is 0 Å². The smallest absolute Gasteiger partial charge is 0.141 e. The van der Waals surface area contributed by atoms with E-state index in [1.54, 1.807) is 4.68 Å². The first-order valence-electron chi connectivity index (χ1n) is 6.14. The van der Waals surface area contributed by atoms with Crippen LogP contribution in [0.15, 0.2) is 6.20 Å². The molecule has 0 aromatic carbocycles. The van der Waals surface area contributed by atoms with E-state index in [9.17, 15) is 4.79 Å². The molecule has 0 aliphatic heterocycles. The molecule has 0 amide bonds. The molecule has 1 heterocycles. The van der Waals surface area contributed by atoms with Crippen molar-refractivity contribution in [3.8, 4) is 0 Å². The monoisotopic (exact) mass is 238 g/mol. The first-order chi connectivity index (χ1) is 7.99. The number of carbonyl (C=O) groups is 1. The fraction of sp³-hybridized carbons (Fsp3) is 0.750. The van der Waals surface area contributed by atoms with E-state index in [1.165, 1.54) is 0 Å². The highest BCUT2D eigenvalue weighted by Crippen LogP contribution is 2.02. The van der Waals surface area contributed by atoms with Gasteiger partial charge in [-0.2, -0.15) is 0 Å². The highest BCUT2D eigenvalue weighted by atomic mass is 16.1. The number of nitrogens with zero attached hydrogens (tertiary/aromatic N) is 3. The summed E-state index contributed by atoms with van der Waals surface area (Å²) < 4.78 is 1.78. The number of aromatic nitrogens is 3. The minimum Gasteiger partial charge on any atom is -0.313 e. The van der Waals surface area contributed by atoms with E-state index in [0.29, 0.717) is 12.5 Å². The molecule has 1 aromatic rings. The van der Waals surface area contributed by atoms with E-state index in [-0.39, 0.29) is 11.7 Å². The SMILES string of the molecule is CC(C)NCCn1cc(CC(=O)C(C)C)nn1. The van der Waals surface area contributed by atoms with Gasteiger partial charge in [0.2, 0.25) is 0 Å². The Balaban J connectivity index is 2.40. The average molecular weight is 238 g/mol. The van der Waals surface area contributed by atoms with Crippen LogP contribution in [0.5, 0.6) is 0 Å². The van der Waals surface area contributed by atoms with Crippen LogP contribution in [0.1, 0.15) is 33.4 Å². The Labute approximate surface area is 103 Å². The molecule has 0 bridgehead atoms. The van der Waals surface area contributed by atoms with Crippen LogP contribution in [0.3, 0.4) is 0 Å². The molecule has 0 saturated carbocycles. The Bertz CT molecular complexity index is 357. The van der Waals surface area contributed by atoms with Gasteiger partial charge in [0.1, 0.15) is 5.78 Å². The van der Waals surface area contributed by atoms with Crippen LogP contribution in [-0.2, 0) is 17.8 Å². The van der Waals surface area contributed by atoms with Crippen LogP contribution in [0.25, 0.3) is 0 Å². The van der Waals surface area contributed by atoms with Crippen LogP contribution < -0.4 is 5.32 Å². The van der Waals surface area contributed by atoms with Crippen molar-refractivity contribution in [1.29, 1.82) is 0 Å². The molecule has 0 saturated heterocycles. The predicted molar refractivity (Wildman–Crippen MR) is 66.7 cm³/mol. The summed E-state index contributed by atoms with van der Waals surface area (Å²) in [6.45, 7) is 9.65. The minimum atomic E-state index is 0.0581. The second-order valence-electron chi connectivity index (χ2n) is 4.88. The molecule has 0 atom stereocenters.